The predicted molar refractivity (Wildman–Crippen MR) is 74.7 cm³/mol. The minimum Gasteiger partial charge on any atom is -0.395 e. The number of hydrogen-bond donors (Lipinski definition) is 2. The zero-order valence-corrected chi connectivity index (χ0v) is 11.3. The number of halogens is 1. The minimum absolute atomic E-state index is 0.0437. The van der Waals surface area contributed by atoms with Crippen LogP contribution in [-0.2, 0) is 0 Å². The molecule has 4 heteroatoms. The third-order valence-corrected chi connectivity index (χ3v) is 3.73. The summed E-state index contributed by atoms with van der Waals surface area (Å²) in [6.07, 6.45) is 3.44. The molecule has 1 fully saturated rings. The number of benzene rings is 1. The minimum atomic E-state index is 0.0437. The van der Waals surface area contributed by atoms with Gasteiger partial charge < -0.3 is 10.8 Å². The molecule has 1 unspecified atom stereocenters. The number of aliphatic hydroxyl groups is 1. The van der Waals surface area contributed by atoms with Crippen LogP contribution < -0.4 is 5.73 Å². The summed E-state index contributed by atoms with van der Waals surface area (Å²) in [5.74, 6) is 0. The molecule has 0 bridgehead atoms. The fourth-order valence-electron chi connectivity index (χ4n) is 2.23. The molecule has 0 heterocycles. The number of nitrogens with two attached hydrogens (primary N) is 1. The molecule has 2 rings (SSSR count). The Morgan fingerprint density at radius 1 is 1.28 bits per heavy atom. The summed E-state index contributed by atoms with van der Waals surface area (Å²) in [7, 11) is 0. The van der Waals surface area contributed by atoms with Crippen LogP contribution in [0.1, 0.15) is 30.9 Å². The maximum absolute atomic E-state index is 9.04. The quantitative estimate of drug-likeness (QED) is 0.797. The molecule has 0 aromatic heterocycles. The van der Waals surface area contributed by atoms with Crippen molar-refractivity contribution in [1.29, 1.82) is 0 Å². The monoisotopic (exact) mass is 268 g/mol. The lowest BCUT2D eigenvalue weighted by Crippen LogP contribution is -2.32. The van der Waals surface area contributed by atoms with E-state index in [-0.39, 0.29) is 12.6 Å². The highest BCUT2D eigenvalue weighted by Gasteiger charge is 2.28. The van der Waals surface area contributed by atoms with Crippen LogP contribution >= 0.6 is 11.6 Å². The summed E-state index contributed by atoms with van der Waals surface area (Å²) in [5.41, 5.74) is 7.30. The Morgan fingerprint density at radius 3 is 2.50 bits per heavy atom. The molecule has 0 aliphatic heterocycles. The van der Waals surface area contributed by atoms with Gasteiger partial charge in [0.05, 0.1) is 6.61 Å². The Balaban J connectivity index is 1.82. The van der Waals surface area contributed by atoms with E-state index in [9.17, 15) is 0 Å². The average molecular weight is 269 g/mol. The Bertz CT molecular complexity index is 365. The largest absolute Gasteiger partial charge is 0.395 e. The first-order valence-corrected chi connectivity index (χ1v) is 6.94. The summed E-state index contributed by atoms with van der Waals surface area (Å²) in [4.78, 5) is 2.34. The molecule has 3 N–H and O–H groups in total. The van der Waals surface area contributed by atoms with Gasteiger partial charge in [0.25, 0.3) is 0 Å². The van der Waals surface area contributed by atoms with Crippen LogP contribution in [0.25, 0.3) is 0 Å². The van der Waals surface area contributed by atoms with Crippen LogP contribution in [-0.4, -0.2) is 35.7 Å². The average Bonchev–Trinajstić information content (AvgIpc) is 3.19. The van der Waals surface area contributed by atoms with E-state index in [2.05, 4.69) is 4.90 Å². The van der Waals surface area contributed by atoms with Crippen molar-refractivity contribution in [2.75, 3.05) is 19.7 Å². The summed E-state index contributed by atoms with van der Waals surface area (Å²) >= 11 is 5.86. The van der Waals surface area contributed by atoms with E-state index in [1.54, 1.807) is 0 Å². The molecule has 0 saturated heterocycles. The second-order valence-corrected chi connectivity index (χ2v) is 5.37. The number of nitrogens with zero attached hydrogens (tertiary/aromatic N) is 1. The van der Waals surface area contributed by atoms with Crippen molar-refractivity contribution in [1.82, 2.24) is 4.90 Å². The molecule has 1 atom stereocenters. The molecule has 1 aromatic rings. The molecule has 18 heavy (non-hydrogen) atoms. The van der Waals surface area contributed by atoms with Crippen LogP contribution in [0.4, 0.5) is 0 Å². The molecule has 1 aliphatic carbocycles. The lowest BCUT2D eigenvalue weighted by Gasteiger charge is -2.22. The van der Waals surface area contributed by atoms with Crippen molar-refractivity contribution >= 4 is 11.6 Å². The topological polar surface area (TPSA) is 49.5 Å². The lowest BCUT2D eigenvalue weighted by molar-refractivity contribution is 0.185. The van der Waals surface area contributed by atoms with Gasteiger partial charge in [-0.25, -0.2) is 0 Å². The SMILES string of the molecule is NC(CCN(CCO)C1CC1)c1ccc(Cl)cc1. The molecular formula is C14H21ClN2O. The van der Waals surface area contributed by atoms with Gasteiger partial charge in [0.2, 0.25) is 0 Å². The standard InChI is InChI=1S/C14H21ClN2O/c15-12-3-1-11(2-4-12)14(16)7-8-17(9-10-18)13-5-6-13/h1-4,13-14,18H,5-10,16H2. The molecule has 1 saturated carbocycles. The van der Waals surface area contributed by atoms with Gasteiger partial charge in [0.1, 0.15) is 0 Å². The van der Waals surface area contributed by atoms with E-state index in [0.717, 1.165) is 30.1 Å². The van der Waals surface area contributed by atoms with E-state index in [1.165, 1.54) is 12.8 Å². The van der Waals surface area contributed by atoms with Gasteiger partial charge in [-0.1, -0.05) is 23.7 Å². The van der Waals surface area contributed by atoms with Gasteiger partial charge in [-0.2, -0.15) is 0 Å². The molecule has 0 amide bonds. The van der Waals surface area contributed by atoms with Crippen molar-refractivity contribution in [3.8, 4) is 0 Å². The van der Waals surface area contributed by atoms with E-state index in [4.69, 9.17) is 22.4 Å². The zero-order valence-electron chi connectivity index (χ0n) is 10.6. The van der Waals surface area contributed by atoms with Gasteiger partial charge in [-0.3, -0.25) is 4.90 Å². The van der Waals surface area contributed by atoms with Crippen LogP contribution in [0.15, 0.2) is 24.3 Å². The third-order valence-electron chi connectivity index (χ3n) is 3.48. The summed E-state index contributed by atoms with van der Waals surface area (Å²) < 4.78 is 0. The molecule has 0 spiro atoms. The second-order valence-electron chi connectivity index (χ2n) is 4.94. The number of aliphatic hydroxyl groups excluding tert-OH is 1. The predicted octanol–water partition coefficient (Wildman–Crippen LogP) is 2.19. The summed E-state index contributed by atoms with van der Waals surface area (Å²) in [5, 5.41) is 9.78. The maximum Gasteiger partial charge on any atom is 0.0558 e. The van der Waals surface area contributed by atoms with Gasteiger partial charge >= 0.3 is 0 Å². The van der Waals surface area contributed by atoms with Crippen molar-refractivity contribution in [2.24, 2.45) is 5.73 Å². The molecule has 100 valence electrons. The molecule has 1 aliphatic rings. The molecule has 0 radical (unpaired) electrons. The normalized spacial score (nSPS) is 17.1. The Kier molecular flexibility index (Phi) is 5.01. The van der Waals surface area contributed by atoms with Crippen LogP contribution in [0.2, 0.25) is 5.02 Å². The Morgan fingerprint density at radius 2 is 1.94 bits per heavy atom. The van der Waals surface area contributed by atoms with Gasteiger partial charge in [0.15, 0.2) is 0 Å². The fourth-order valence-corrected chi connectivity index (χ4v) is 2.35. The van der Waals surface area contributed by atoms with Gasteiger partial charge in [0, 0.05) is 30.2 Å². The van der Waals surface area contributed by atoms with E-state index >= 15 is 0 Å². The van der Waals surface area contributed by atoms with Crippen LogP contribution in [0, 0.1) is 0 Å². The molecule has 1 aromatic carbocycles. The number of rotatable bonds is 7. The van der Waals surface area contributed by atoms with E-state index in [1.807, 2.05) is 24.3 Å². The van der Waals surface area contributed by atoms with Gasteiger partial charge in [-0.05, 0) is 37.0 Å². The first-order valence-electron chi connectivity index (χ1n) is 6.56. The first-order chi connectivity index (χ1) is 8.70. The van der Waals surface area contributed by atoms with Crippen molar-refractivity contribution in [3.05, 3.63) is 34.9 Å². The molecule has 3 nitrogen and oxygen atoms in total. The first kappa shape index (κ1) is 13.8. The maximum atomic E-state index is 9.04. The highest BCUT2D eigenvalue weighted by molar-refractivity contribution is 6.30. The third kappa shape index (κ3) is 3.95. The van der Waals surface area contributed by atoms with Crippen molar-refractivity contribution in [3.63, 3.8) is 0 Å². The fraction of sp³-hybridized carbons (Fsp3) is 0.571. The van der Waals surface area contributed by atoms with Gasteiger partial charge in [-0.15, -0.1) is 0 Å². The summed E-state index contributed by atoms with van der Waals surface area (Å²) in [6, 6.07) is 8.45. The number of hydrogen-bond acceptors (Lipinski definition) is 3. The van der Waals surface area contributed by atoms with Crippen LogP contribution in [0.3, 0.4) is 0 Å². The summed E-state index contributed by atoms with van der Waals surface area (Å²) in [6.45, 7) is 1.94. The van der Waals surface area contributed by atoms with Crippen molar-refractivity contribution < 1.29 is 5.11 Å². The van der Waals surface area contributed by atoms with E-state index < -0.39 is 0 Å². The highest BCUT2D eigenvalue weighted by atomic mass is 35.5. The van der Waals surface area contributed by atoms with Crippen molar-refractivity contribution in [2.45, 2.75) is 31.3 Å². The second kappa shape index (κ2) is 6.53. The van der Waals surface area contributed by atoms with Crippen LogP contribution in [0.5, 0.6) is 0 Å². The smallest absolute Gasteiger partial charge is 0.0558 e. The van der Waals surface area contributed by atoms with E-state index in [0.29, 0.717) is 6.04 Å². The zero-order chi connectivity index (χ0) is 13.0. The molecular weight excluding hydrogens is 248 g/mol. The highest BCUT2D eigenvalue weighted by Crippen LogP contribution is 2.27. The lowest BCUT2D eigenvalue weighted by atomic mass is 10.0. The Hall–Kier alpha value is -0.610. The Labute approximate surface area is 114 Å².